The van der Waals surface area contributed by atoms with Gasteiger partial charge in [0.15, 0.2) is 0 Å². The summed E-state index contributed by atoms with van der Waals surface area (Å²) in [4.78, 5) is 14.2. The van der Waals surface area contributed by atoms with Crippen molar-refractivity contribution in [2.24, 2.45) is 5.73 Å². The molecule has 1 saturated carbocycles. The Morgan fingerprint density at radius 1 is 1.50 bits per heavy atom. The first-order valence-electron chi connectivity index (χ1n) is 6.50. The molecule has 3 N–H and O–H groups in total. The molecule has 2 rings (SSSR count). The molecule has 16 heavy (non-hydrogen) atoms. The van der Waals surface area contributed by atoms with Crippen LogP contribution in [-0.2, 0) is 4.79 Å². The molecule has 0 aromatic rings. The number of hydrogen-bond acceptors (Lipinski definition) is 3. The van der Waals surface area contributed by atoms with Crippen LogP contribution < -0.4 is 11.1 Å². The van der Waals surface area contributed by atoms with Crippen molar-refractivity contribution in [3.8, 4) is 0 Å². The SMILES string of the molecule is CCCC(N)C(=O)NC1CCN(C2CC2)C1. The summed E-state index contributed by atoms with van der Waals surface area (Å²) in [6.07, 6.45) is 5.52. The van der Waals surface area contributed by atoms with Crippen molar-refractivity contribution >= 4 is 5.91 Å². The van der Waals surface area contributed by atoms with Crippen LogP contribution in [0.4, 0.5) is 0 Å². The highest BCUT2D eigenvalue weighted by molar-refractivity contribution is 5.81. The maximum Gasteiger partial charge on any atom is 0.237 e. The molecule has 1 amide bonds. The second-order valence-corrected chi connectivity index (χ2v) is 5.12. The summed E-state index contributed by atoms with van der Waals surface area (Å²) in [6.45, 7) is 4.21. The van der Waals surface area contributed by atoms with Gasteiger partial charge in [-0.3, -0.25) is 9.69 Å². The Balaban J connectivity index is 1.71. The molecule has 92 valence electrons. The van der Waals surface area contributed by atoms with Gasteiger partial charge in [0.05, 0.1) is 6.04 Å². The van der Waals surface area contributed by atoms with E-state index in [2.05, 4.69) is 17.1 Å². The Morgan fingerprint density at radius 2 is 2.25 bits per heavy atom. The van der Waals surface area contributed by atoms with Crippen molar-refractivity contribution in [2.75, 3.05) is 13.1 Å². The molecule has 0 aromatic carbocycles. The van der Waals surface area contributed by atoms with Crippen molar-refractivity contribution < 1.29 is 4.79 Å². The average Bonchev–Trinajstić information content (AvgIpc) is 3.01. The van der Waals surface area contributed by atoms with Gasteiger partial charge in [-0.05, 0) is 25.7 Å². The largest absolute Gasteiger partial charge is 0.351 e. The Labute approximate surface area is 97.6 Å². The van der Waals surface area contributed by atoms with Crippen LogP contribution in [0.15, 0.2) is 0 Å². The molecule has 1 aliphatic carbocycles. The van der Waals surface area contributed by atoms with E-state index in [4.69, 9.17) is 5.73 Å². The molecule has 0 spiro atoms. The third kappa shape index (κ3) is 2.95. The zero-order valence-electron chi connectivity index (χ0n) is 10.1. The van der Waals surface area contributed by atoms with Gasteiger partial charge < -0.3 is 11.1 Å². The van der Waals surface area contributed by atoms with E-state index in [1.807, 2.05) is 0 Å². The third-order valence-corrected chi connectivity index (χ3v) is 3.57. The zero-order chi connectivity index (χ0) is 11.5. The molecule has 1 heterocycles. The van der Waals surface area contributed by atoms with E-state index >= 15 is 0 Å². The molecule has 0 radical (unpaired) electrons. The monoisotopic (exact) mass is 225 g/mol. The molecular weight excluding hydrogens is 202 g/mol. The second-order valence-electron chi connectivity index (χ2n) is 5.12. The summed E-state index contributed by atoms with van der Waals surface area (Å²) in [5.41, 5.74) is 5.79. The molecule has 1 aliphatic heterocycles. The van der Waals surface area contributed by atoms with Gasteiger partial charge in [0, 0.05) is 25.2 Å². The Kier molecular flexibility index (Phi) is 3.82. The van der Waals surface area contributed by atoms with Crippen LogP contribution in [-0.4, -0.2) is 42.0 Å². The van der Waals surface area contributed by atoms with E-state index in [9.17, 15) is 4.79 Å². The summed E-state index contributed by atoms with van der Waals surface area (Å²) in [6, 6.07) is 0.821. The van der Waals surface area contributed by atoms with Gasteiger partial charge in [0.2, 0.25) is 5.91 Å². The van der Waals surface area contributed by atoms with Gasteiger partial charge in [0.1, 0.15) is 0 Å². The van der Waals surface area contributed by atoms with E-state index in [0.717, 1.165) is 38.4 Å². The lowest BCUT2D eigenvalue weighted by atomic mass is 10.1. The van der Waals surface area contributed by atoms with Gasteiger partial charge in [-0.1, -0.05) is 13.3 Å². The van der Waals surface area contributed by atoms with Crippen LogP contribution in [0.25, 0.3) is 0 Å². The van der Waals surface area contributed by atoms with Crippen molar-refractivity contribution in [2.45, 2.75) is 57.2 Å². The lowest BCUT2D eigenvalue weighted by Gasteiger charge is -2.17. The minimum absolute atomic E-state index is 0.0319. The van der Waals surface area contributed by atoms with Gasteiger partial charge in [-0.2, -0.15) is 0 Å². The number of carbonyl (C=O) groups excluding carboxylic acids is 1. The Morgan fingerprint density at radius 3 is 2.88 bits per heavy atom. The molecule has 0 aromatic heterocycles. The van der Waals surface area contributed by atoms with E-state index in [1.165, 1.54) is 12.8 Å². The highest BCUT2D eigenvalue weighted by atomic mass is 16.2. The summed E-state index contributed by atoms with van der Waals surface area (Å²) in [7, 11) is 0. The van der Waals surface area contributed by atoms with Gasteiger partial charge in [-0.25, -0.2) is 0 Å². The lowest BCUT2D eigenvalue weighted by molar-refractivity contribution is -0.123. The number of nitrogens with two attached hydrogens (primary N) is 1. The van der Waals surface area contributed by atoms with E-state index in [1.54, 1.807) is 0 Å². The fraction of sp³-hybridized carbons (Fsp3) is 0.917. The maximum absolute atomic E-state index is 11.7. The van der Waals surface area contributed by atoms with Crippen LogP contribution in [0.5, 0.6) is 0 Å². The predicted octanol–water partition coefficient (Wildman–Crippen LogP) is 0.467. The summed E-state index contributed by atoms with van der Waals surface area (Å²) >= 11 is 0. The summed E-state index contributed by atoms with van der Waals surface area (Å²) < 4.78 is 0. The van der Waals surface area contributed by atoms with Crippen LogP contribution in [0.3, 0.4) is 0 Å². The first-order valence-corrected chi connectivity index (χ1v) is 6.50. The fourth-order valence-electron chi connectivity index (χ4n) is 2.43. The van der Waals surface area contributed by atoms with Crippen LogP contribution >= 0.6 is 0 Å². The van der Waals surface area contributed by atoms with Gasteiger partial charge >= 0.3 is 0 Å². The first-order chi connectivity index (χ1) is 7.70. The molecule has 2 unspecified atom stereocenters. The van der Waals surface area contributed by atoms with Crippen LogP contribution in [0.2, 0.25) is 0 Å². The molecular formula is C12H23N3O. The van der Waals surface area contributed by atoms with Crippen LogP contribution in [0, 0.1) is 0 Å². The van der Waals surface area contributed by atoms with Crippen molar-refractivity contribution in [3.05, 3.63) is 0 Å². The minimum Gasteiger partial charge on any atom is -0.351 e. The molecule has 1 saturated heterocycles. The third-order valence-electron chi connectivity index (χ3n) is 3.57. The highest BCUT2D eigenvalue weighted by Gasteiger charge is 2.35. The number of nitrogens with one attached hydrogen (secondary N) is 1. The number of carbonyl (C=O) groups is 1. The number of nitrogens with zero attached hydrogens (tertiary/aromatic N) is 1. The highest BCUT2D eigenvalue weighted by Crippen LogP contribution is 2.29. The Bertz CT molecular complexity index is 253. The summed E-state index contributed by atoms with van der Waals surface area (Å²) in [5, 5.41) is 3.07. The quantitative estimate of drug-likeness (QED) is 0.715. The summed E-state index contributed by atoms with van der Waals surface area (Å²) in [5.74, 6) is 0.0319. The molecule has 2 aliphatic rings. The van der Waals surface area contributed by atoms with Crippen LogP contribution in [0.1, 0.15) is 39.0 Å². The van der Waals surface area contributed by atoms with E-state index in [-0.39, 0.29) is 11.9 Å². The maximum atomic E-state index is 11.7. The van der Waals surface area contributed by atoms with Gasteiger partial charge in [0.25, 0.3) is 0 Å². The van der Waals surface area contributed by atoms with Gasteiger partial charge in [-0.15, -0.1) is 0 Å². The average molecular weight is 225 g/mol. The number of likely N-dealkylation sites (tertiary alicyclic amines) is 1. The zero-order valence-corrected chi connectivity index (χ0v) is 10.1. The second kappa shape index (κ2) is 5.15. The normalized spacial score (nSPS) is 28.0. The number of hydrogen-bond donors (Lipinski definition) is 2. The molecule has 4 nitrogen and oxygen atoms in total. The fourth-order valence-corrected chi connectivity index (χ4v) is 2.43. The predicted molar refractivity (Wildman–Crippen MR) is 64.0 cm³/mol. The Hall–Kier alpha value is -0.610. The first kappa shape index (κ1) is 11.9. The lowest BCUT2D eigenvalue weighted by Crippen LogP contribution is -2.46. The molecule has 4 heteroatoms. The number of rotatable bonds is 5. The van der Waals surface area contributed by atoms with Crippen molar-refractivity contribution in [1.82, 2.24) is 10.2 Å². The molecule has 2 fully saturated rings. The van der Waals surface area contributed by atoms with Crippen molar-refractivity contribution in [3.63, 3.8) is 0 Å². The topological polar surface area (TPSA) is 58.4 Å². The van der Waals surface area contributed by atoms with E-state index in [0.29, 0.717) is 6.04 Å². The van der Waals surface area contributed by atoms with Crippen molar-refractivity contribution in [1.29, 1.82) is 0 Å². The smallest absolute Gasteiger partial charge is 0.237 e. The molecule has 2 atom stereocenters. The van der Waals surface area contributed by atoms with E-state index < -0.39 is 0 Å². The number of amides is 1. The molecule has 0 bridgehead atoms. The standard InChI is InChI=1S/C12H23N3O/c1-2-3-11(13)12(16)14-9-6-7-15(8-9)10-4-5-10/h9-11H,2-8,13H2,1H3,(H,14,16). The minimum atomic E-state index is -0.319.